The largest absolute Gasteiger partial charge is 0.388 e. The average Bonchev–Trinajstić information content (AvgIpc) is 2.29. The molecule has 0 spiro atoms. The minimum absolute atomic E-state index is 0.436. The summed E-state index contributed by atoms with van der Waals surface area (Å²) in [5, 5.41) is 11.4. The van der Waals surface area contributed by atoms with Crippen molar-refractivity contribution in [2.24, 2.45) is 5.92 Å². The molecule has 94 valence electrons. The summed E-state index contributed by atoms with van der Waals surface area (Å²) < 4.78 is 0. The molecule has 0 aromatic heterocycles. The highest BCUT2D eigenvalue weighted by Crippen LogP contribution is 2.33. The Balaban J connectivity index is 2.00. The molecule has 1 aromatic rings. The summed E-state index contributed by atoms with van der Waals surface area (Å²) in [5.41, 5.74) is 0.841. The summed E-state index contributed by atoms with van der Waals surface area (Å²) in [6, 6.07) is 5.31. The van der Waals surface area contributed by atoms with Crippen molar-refractivity contribution >= 4 is 23.2 Å². The second kappa shape index (κ2) is 6.08. The molecule has 1 fully saturated rings. The highest BCUT2D eigenvalue weighted by molar-refractivity contribution is 6.34. The molecule has 0 aliphatic heterocycles. The fraction of sp³-hybridized carbons (Fsp3) is 0.571. The van der Waals surface area contributed by atoms with Crippen LogP contribution < -0.4 is 0 Å². The summed E-state index contributed by atoms with van der Waals surface area (Å²) in [5.74, 6) is 0.650. The van der Waals surface area contributed by atoms with E-state index in [1.807, 2.05) is 0 Å². The van der Waals surface area contributed by atoms with Crippen LogP contribution in [-0.4, -0.2) is 5.11 Å². The normalized spacial score (nSPS) is 19.2. The molecule has 0 amide bonds. The van der Waals surface area contributed by atoms with Crippen LogP contribution in [0.25, 0.3) is 0 Å². The van der Waals surface area contributed by atoms with E-state index in [0.717, 1.165) is 12.0 Å². The molecule has 1 atom stereocenters. The van der Waals surface area contributed by atoms with Gasteiger partial charge in [-0.05, 0) is 36.1 Å². The van der Waals surface area contributed by atoms with Gasteiger partial charge in [-0.15, -0.1) is 0 Å². The van der Waals surface area contributed by atoms with Crippen LogP contribution in [0.3, 0.4) is 0 Å². The van der Waals surface area contributed by atoms with Gasteiger partial charge < -0.3 is 5.11 Å². The van der Waals surface area contributed by atoms with Crippen LogP contribution in [0.4, 0.5) is 0 Å². The lowest BCUT2D eigenvalue weighted by Gasteiger charge is -2.24. The zero-order valence-corrected chi connectivity index (χ0v) is 11.3. The number of rotatable bonds is 3. The minimum atomic E-state index is -0.436. The Hall–Kier alpha value is -0.240. The Morgan fingerprint density at radius 1 is 1.06 bits per heavy atom. The Morgan fingerprint density at radius 2 is 1.65 bits per heavy atom. The molecule has 1 aliphatic carbocycles. The first-order valence-corrected chi connectivity index (χ1v) is 7.05. The lowest BCUT2D eigenvalue weighted by atomic mass is 9.84. The van der Waals surface area contributed by atoms with Crippen LogP contribution in [0.15, 0.2) is 18.2 Å². The van der Waals surface area contributed by atoms with Gasteiger partial charge in [0.1, 0.15) is 0 Å². The van der Waals surface area contributed by atoms with Gasteiger partial charge in [-0.1, -0.05) is 55.3 Å². The molecule has 3 heteroatoms. The molecule has 1 unspecified atom stereocenters. The van der Waals surface area contributed by atoms with Gasteiger partial charge in [0.15, 0.2) is 0 Å². The standard InChI is InChI=1S/C14H18Cl2O/c15-12-7-11(8-13(16)9-12)14(17)6-10-4-2-1-3-5-10/h7-10,14,17H,1-6H2. The first-order chi connectivity index (χ1) is 8.15. The summed E-state index contributed by atoms with van der Waals surface area (Å²) in [6.07, 6.45) is 6.82. The van der Waals surface area contributed by atoms with Crippen molar-refractivity contribution in [3.63, 3.8) is 0 Å². The van der Waals surface area contributed by atoms with E-state index in [2.05, 4.69) is 0 Å². The maximum atomic E-state index is 10.2. The van der Waals surface area contributed by atoms with Crippen LogP contribution in [0.2, 0.25) is 10.0 Å². The zero-order chi connectivity index (χ0) is 12.3. The number of aliphatic hydroxyl groups excluding tert-OH is 1. The van der Waals surface area contributed by atoms with Crippen molar-refractivity contribution in [2.45, 2.75) is 44.6 Å². The molecule has 0 heterocycles. The first-order valence-electron chi connectivity index (χ1n) is 6.29. The minimum Gasteiger partial charge on any atom is -0.388 e. The van der Waals surface area contributed by atoms with E-state index in [-0.39, 0.29) is 0 Å². The molecule has 1 saturated carbocycles. The third-order valence-electron chi connectivity index (χ3n) is 3.55. The molecular formula is C14H18Cl2O. The van der Waals surface area contributed by atoms with Crippen molar-refractivity contribution in [1.29, 1.82) is 0 Å². The molecule has 1 aliphatic rings. The van der Waals surface area contributed by atoms with Crippen molar-refractivity contribution in [2.75, 3.05) is 0 Å². The van der Waals surface area contributed by atoms with E-state index >= 15 is 0 Å². The van der Waals surface area contributed by atoms with Crippen molar-refractivity contribution in [1.82, 2.24) is 0 Å². The summed E-state index contributed by atoms with van der Waals surface area (Å²) in [4.78, 5) is 0. The quantitative estimate of drug-likeness (QED) is 0.821. The van der Waals surface area contributed by atoms with E-state index in [0.29, 0.717) is 16.0 Å². The fourth-order valence-electron chi connectivity index (χ4n) is 2.64. The molecule has 1 N–H and O–H groups in total. The predicted molar refractivity (Wildman–Crippen MR) is 72.6 cm³/mol. The van der Waals surface area contributed by atoms with Gasteiger partial charge in [0.25, 0.3) is 0 Å². The van der Waals surface area contributed by atoms with Gasteiger partial charge in [0.2, 0.25) is 0 Å². The maximum Gasteiger partial charge on any atom is 0.0793 e. The van der Waals surface area contributed by atoms with Crippen LogP contribution in [-0.2, 0) is 0 Å². The third kappa shape index (κ3) is 3.87. The number of hydrogen-bond acceptors (Lipinski definition) is 1. The zero-order valence-electron chi connectivity index (χ0n) is 9.83. The average molecular weight is 273 g/mol. The second-order valence-electron chi connectivity index (χ2n) is 4.96. The molecule has 0 saturated heterocycles. The van der Waals surface area contributed by atoms with Gasteiger partial charge in [-0.2, -0.15) is 0 Å². The molecule has 1 aromatic carbocycles. The predicted octanol–water partition coefficient (Wildman–Crippen LogP) is 5.00. The molecule has 0 bridgehead atoms. The maximum absolute atomic E-state index is 10.2. The van der Waals surface area contributed by atoms with Crippen LogP contribution in [0, 0.1) is 5.92 Å². The van der Waals surface area contributed by atoms with Crippen molar-refractivity contribution in [3.8, 4) is 0 Å². The van der Waals surface area contributed by atoms with E-state index in [1.54, 1.807) is 18.2 Å². The van der Waals surface area contributed by atoms with Gasteiger partial charge in [-0.3, -0.25) is 0 Å². The molecule has 1 nitrogen and oxygen atoms in total. The Morgan fingerprint density at radius 3 is 2.24 bits per heavy atom. The highest BCUT2D eigenvalue weighted by atomic mass is 35.5. The van der Waals surface area contributed by atoms with Crippen LogP contribution >= 0.6 is 23.2 Å². The van der Waals surface area contributed by atoms with E-state index in [1.165, 1.54) is 32.1 Å². The first kappa shape index (κ1) is 13.2. The number of aliphatic hydroxyl groups is 1. The van der Waals surface area contributed by atoms with E-state index < -0.39 is 6.10 Å². The smallest absolute Gasteiger partial charge is 0.0793 e. The summed E-state index contributed by atoms with van der Waals surface area (Å²) >= 11 is 11.9. The molecular weight excluding hydrogens is 255 g/mol. The second-order valence-corrected chi connectivity index (χ2v) is 5.83. The fourth-order valence-corrected chi connectivity index (χ4v) is 3.19. The summed E-state index contributed by atoms with van der Waals surface area (Å²) in [6.45, 7) is 0. The van der Waals surface area contributed by atoms with E-state index in [4.69, 9.17) is 23.2 Å². The Labute approximate surface area is 113 Å². The Kier molecular flexibility index (Phi) is 4.72. The topological polar surface area (TPSA) is 20.2 Å². The van der Waals surface area contributed by atoms with Crippen molar-refractivity contribution in [3.05, 3.63) is 33.8 Å². The van der Waals surface area contributed by atoms with Gasteiger partial charge in [0, 0.05) is 10.0 Å². The molecule has 0 radical (unpaired) electrons. The SMILES string of the molecule is OC(CC1CCCCC1)c1cc(Cl)cc(Cl)c1. The third-order valence-corrected chi connectivity index (χ3v) is 3.99. The van der Waals surface area contributed by atoms with Gasteiger partial charge in [-0.25, -0.2) is 0 Å². The number of halogens is 2. The molecule has 17 heavy (non-hydrogen) atoms. The highest BCUT2D eigenvalue weighted by Gasteiger charge is 2.19. The van der Waals surface area contributed by atoms with Crippen LogP contribution in [0.5, 0.6) is 0 Å². The van der Waals surface area contributed by atoms with Crippen LogP contribution in [0.1, 0.15) is 50.2 Å². The van der Waals surface area contributed by atoms with E-state index in [9.17, 15) is 5.11 Å². The molecule has 2 rings (SSSR count). The van der Waals surface area contributed by atoms with Gasteiger partial charge in [0.05, 0.1) is 6.10 Å². The van der Waals surface area contributed by atoms with Gasteiger partial charge >= 0.3 is 0 Å². The monoisotopic (exact) mass is 272 g/mol. The van der Waals surface area contributed by atoms with Crippen molar-refractivity contribution < 1.29 is 5.11 Å². The lowest BCUT2D eigenvalue weighted by molar-refractivity contribution is 0.131. The Bertz CT molecular complexity index is 352. The number of hydrogen-bond donors (Lipinski definition) is 1. The lowest BCUT2D eigenvalue weighted by Crippen LogP contribution is -2.11. The number of benzene rings is 1. The summed E-state index contributed by atoms with van der Waals surface area (Å²) in [7, 11) is 0.